The molecule has 0 saturated carbocycles. The van der Waals surface area contributed by atoms with E-state index in [0.29, 0.717) is 6.61 Å². The van der Waals surface area contributed by atoms with Gasteiger partial charge in [-0.05, 0) is 56.2 Å². The Hall–Kier alpha value is -2.74. The highest BCUT2D eigenvalue weighted by atomic mass is 16.5. The first-order valence-electron chi connectivity index (χ1n) is 9.23. The van der Waals surface area contributed by atoms with Crippen molar-refractivity contribution in [3.05, 3.63) is 95.1 Å². The second-order valence-electron chi connectivity index (χ2n) is 6.75. The van der Waals surface area contributed by atoms with Crippen molar-refractivity contribution >= 4 is 5.69 Å². The lowest BCUT2D eigenvalue weighted by atomic mass is 10.1. The fourth-order valence-corrected chi connectivity index (χ4v) is 2.99. The minimum Gasteiger partial charge on any atom is -0.494 e. The van der Waals surface area contributed by atoms with Crippen LogP contribution in [0.1, 0.15) is 29.2 Å². The molecule has 0 amide bonds. The summed E-state index contributed by atoms with van der Waals surface area (Å²) in [6, 6.07) is 26.0. The van der Waals surface area contributed by atoms with E-state index in [0.717, 1.165) is 18.8 Å². The van der Waals surface area contributed by atoms with Crippen molar-refractivity contribution in [2.45, 2.75) is 33.9 Å². The van der Waals surface area contributed by atoms with Gasteiger partial charge in [0.15, 0.2) is 0 Å². The number of rotatable bonds is 7. The zero-order valence-corrected chi connectivity index (χ0v) is 15.9. The third-order valence-electron chi connectivity index (χ3n) is 4.50. The highest BCUT2D eigenvalue weighted by Gasteiger charge is 2.09. The van der Waals surface area contributed by atoms with Gasteiger partial charge in [0.1, 0.15) is 5.75 Å². The van der Waals surface area contributed by atoms with E-state index < -0.39 is 0 Å². The van der Waals surface area contributed by atoms with Crippen molar-refractivity contribution in [1.29, 1.82) is 0 Å². The summed E-state index contributed by atoms with van der Waals surface area (Å²) < 4.78 is 5.58. The summed E-state index contributed by atoms with van der Waals surface area (Å²) in [4.78, 5) is 2.41. The molecule has 0 saturated heterocycles. The summed E-state index contributed by atoms with van der Waals surface area (Å²) in [7, 11) is 0. The highest BCUT2D eigenvalue weighted by Crippen LogP contribution is 2.23. The van der Waals surface area contributed by atoms with Crippen molar-refractivity contribution in [3.8, 4) is 5.75 Å². The molecule has 0 heterocycles. The number of hydrogen-bond donors (Lipinski definition) is 0. The average Bonchev–Trinajstić information content (AvgIpc) is 2.66. The maximum atomic E-state index is 5.58. The Morgan fingerprint density at radius 1 is 0.654 bits per heavy atom. The van der Waals surface area contributed by atoms with Gasteiger partial charge in [0.2, 0.25) is 0 Å². The number of aryl methyl sites for hydroxylation is 2. The minimum absolute atomic E-state index is 0.690. The fraction of sp³-hybridized carbons (Fsp3) is 0.250. The van der Waals surface area contributed by atoms with Crippen LogP contribution >= 0.6 is 0 Å². The summed E-state index contributed by atoms with van der Waals surface area (Å²) in [6.45, 7) is 8.70. The molecule has 2 nitrogen and oxygen atoms in total. The van der Waals surface area contributed by atoms with Gasteiger partial charge in [-0.25, -0.2) is 0 Å². The molecule has 0 fully saturated rings. The molecule has 0 aliphatic heterocycles. The van der Waals surface area contributed by atoms with Crippen LogP contribution in [0.2, 0.25) is 0 Å². The Balaban J connectivity index is 1.84. The average molecular weight is 345 g/mol. The van der Waals surface area contributed by atoms with E-state index in [-0.39, 0.29) is 0 Å². The fourth-order valence-electron chi connectivity index (χ4n) is 2.99. The van der Waals surface area contributed by atoms with E-state index >= 15 is 0 Å². The van der Waals surface area contributed by atoms with E-state index in [4.69, 9.17) is 4.74 Å². The SMILES string of the molecule is CCOc1ccc(N(Cc2ccc(C)cc2)Cc2ccc(C)cc2)cc1. The second-order valence-corrected chi connectivity index (χ2v) is 6.75. The quantitative estimate of drug-likeness (QED) is 0.528. The van der Waals surface area contributed by atoms with Crippen LogP contribution in [0.15, 0.2) is 72.8 Å². The van der Waals surface area contributed by atoms with Gasteiger partial charge in [0.25, 0.3) is 0 Å². The molecule has 0 aromatic heterocycles. The van der Waals surface area contributed by atoms with Crippen molar-refractivity contribution in [1.82, 2.24) is 0 Å². The maximum absolute atomic E-state index is 5.58. The zero-order chi connectivity index (χ0) is 18.4. The Kier molecular flexibility index (Phi) is 5.96. The molecule has 0 bridgehead atoms. The van der Waals surface area contributed by atoms with Gasteiger partial charge < -0.3 is 9.64 Å². The van der Waals surface area contributed by atoms with E-state index in [1.807, 2.05) is 6.92 Å². The van der Waals surface area contributed by atoms with E-state index in [2.05, 4.69) is 91.5 Å². The minimum atomic E-state index is 0.690. The first-order valence-corrected chi connectivity index (χ1v) is 9.23. The predicted octanol–water partition coefficient (Wildman–Crippen LogP) is 5.91. The molecule has 0 unspecified atom stereocenters. The largest absolute Gasteiger partial charge is 0.494 e. The summed E-state index contributed by atoms with van der Waals surface area (Å²) in [5, 5.41) is 0. The summed E-state index contributed by atoms with van der Waals surface area (Å²) >= 11 is 0. The van der Waals surface area contributed by atoms with Crippen LogP contribution in [0.5, 0.6) is 5.75 Å². The molecule has 0 radical (unpaired) electrons. The molecule has 3 aromatic carbocycles. The lowest BCUT2D eigenvalue weighted by molar-refractivity contribution is 0.340. The standard InChI is InChI=1S/C24H27NO/c1-4-26-24-15-13-23(14-16-24)25(17-21-9-5-19(2)6-10-21)18-22-11-7-20(3)8-12-22/h5-16H,4,17-18H2,1-3H3. The van der Waals surface area contributed by atoms with Gasteiger partial charge in [-0.1, -0.05) is 59.7 Å². The third kappa shape index (κ3) is 4.89. The van der Waals surface area contributed by atoms with Crippen LogP contribution in [-0.4, -0.2) is 6.61 Å². The Bertz CT molecular complexity index is 757. The second kappa shape index (κ2) is 8.57. The van der Waals surface area contributed by atoms with Crippen LogP contribution in [0.25, 0.3) is 0 Å². The molecule has 0 N–H and O–H groups in total. The predicted molar refractivity (Wildman–Crippen MR) is 110 cm³/mol. The number of nitrogens with zero attached hydrogens (tertiary/aromatic N) is 1. The monoisotopic (exact) mass is 345 g/mol. The lowest BCUT2D eigenvalue weighted by Gasteiger charge is -2.26. The summed E-state index contributed by atoms with van der Waals surface area (Å²) in [6.07, 6.45) is 0. The number of hydrogen-bond acceptors (Lipinski definition) is 2. The Labute approximate surface area is 157 Å². The number of anilines is 1. The van der Waals surface area contributed by atoms with Gasteiger partial charge in [-0.15, -0.1) is 0 Å². The Morgan fingerprint density at radius 2 is 1.12 bits per heavy atom. The van der Waals surface area contributed by atoms with Gasteiger partial charge in [0.05, 0.1) is 6.61 Å². The van der Waals surface area contributed by atoms with Gasteiger partial charge >= 0.3 is 0 Å². The molecule has 0 spiro atoms. The maximum Gasteiger partial charge on any atom is 0.119 e. The van der Waals surface area contributed by atoms with Gasteiger partial charge in [0, 0.05) is 18.8 Å². The van der Waals surface area contributed by atoms with E-state index in [1.165, 1.54) is 27.9 Å². The number of ether oxygens (including phenoxy) is 1. The topological polar surface area (TPSA) is 12.5 Å². The van der Waals surface area contributed by atoms with Crippen molar-refractivity contribution in [2.75, 3.05) is 11.5 Å². The van der Waals surface area contributed by atoms with Crippen LogP contribution < -0.4 is 9.64 Å². The smallest absolute Gasteiger partial charge is 0.119 e. The molecule has 134 valence electrons. The van der Waals surface area contributed by atoms with Crippen molar-refractivity contribution in [2.24, 2.45) is 0 Å². The van der Waals surface area contributed by atoms with Crippen molar-refractivity contribution < 1.29 is 4.74 Å². The molecular weight excluding hydrogens is 318 g/mol. The van der Waals surface area contributed by atoms with Crippen LogP contribution in [0.3, 0.4) is 0 Å². The number of benzene rings is 3. The molecule has 2 heteroatoms. The van der Waals surface area contributed by atoms with Crippen molar-refractivity contribution in [3.63, 3.8) is 0 Å². The first-order chi connectivity index (χ1) is 12.6. The van der Waals surface area contributed by atoms with Gasteiger partial charge in [-0.3, -0.25) is 0 Å². The summed E-state index contributed by atoms with van der Waals surface area (Å²) in [5.41, 5.74) is 6.42. The third-order valence-corrected chi connectivity index (χ3v) is 4.50. The molecule has 0 aliphatic carbocycles. The van der Waals surface area contributed by atoms with Crippen LogP contribution in [-0.2, 0) is 13.1 Å². The van der Waals surface area contributed by atoms with Gasteiger partial charge in [-0.2, -0.15) is 0 Å². The molecule has 3 aromatic rings. The Morgan fingerprint density at radius 3 is 1.54 bits per heavy atom. The normalized spacial score (nSPS) is 10.6. The first kappa shape index (κ1) is 18.1. The lowest BCUT2D eigenvalue weighted by Crippen LogP contribution is -2.22. The molecular formula is C24H27NO. The molecule has 3 rings (SSSR count). The molecule has 0 atom stereocenters. The van der Waals surface area contributed by atoms with E-state index in [9.17, 15) is 0 Å². The zero-order valence-electron chi connectivity index (χ0n) is 15.9. The molecule has 26 heavy (non-hydrogen) atoms. The molecule has 0 aliphatic rings. The van der Waals surface area contributed by atoms with E-state index in [1.54, 1.807) is 0 Å². The van der Waals surface area contributed by atoms with Crippen LogP contribution in [0, 0.1) is 13.8 Å². The highest BCUT2D eigenvalue weighted by molar-refractivity contribution is 5.50. The summed E-state index contributed by atoms with van der Waals surface area (Å²) in [5.74, 6) is 0.918. The van der Waals surface area contributed by atoms with Crippen LogP contribution in [0.4, 0.5) is 5.69 Å².